The lowest BCUT2D eigenvalue weighted by molar-refractivity contribution is -0.138. The summed E-state index contributed by atoms with van der Waals surface area (Å²) in [7, 11) is 0. The molecule has 1 unspecified atom stereocenters. The number of carbonyl (C=O) groups is 1. The van der Waals surface area contributed by atoms with Gasteiger partial charge in [-0.2, -0.15) is 13.2 Å². The largest absolute Gasteiger partial charge is 0.419 e. The number of nitrogens with two attached hydrogens (primary N) is 1. The molecule has 1 heterocycles. The average Bonchev–Trinajstić information content (AvgIpc) is 2.91. The van der Waals surface area contributed by atoms with E-state index in [-0.39, 0.29) is 12.1 Å². The van der Waals surface area contributed by atoms with Gasteiger partial charge in [-0.25, -0.2) is 9.97 Å². The second-order valence-corrected chi connectivity index (χ2v) is 11.1. The number of hydrogen-bond acceptors (Lipinski definition) is 3. The van der Waals surface area contributed by atoms with Gasteiger partial charge in [-0.1, -0.05) is 80.6 Å². The molecule has 0 spiro atoms. The van der Waals surface area contributed by atoms with Crippen LogP contribution < -0.4 is 5.73 Å². The van der Waals surface area contributed by atoms with Crippen LogP contribution in [0.5, 0.6) is 0 Å². The van der Waals surface area contributed by atoms with Crippen molar-refractivity contribution in [1.29, 1.82) is 0 Å². The minimum atomic E-state index is -4.54. The van der Waals surface area contributed by atoms with Gasteiger partial charge in [-0.15, -0.1) is 0 Å². The van der Waals surface area contributed by atoms with E-state index >= 15 is 0 Å². The second kappa shape index (κ2) is 13.9. The van der Waals surface area contributed by atoms with Crippen LogP contribution in [-0.2, 0) is 36.7 Å². The SMILES string of the molecule is CC(C(N)=O)c1ccccc1CCc1nc(CCCc2ccc(C3CCCCCCC3)cc2)ncc1C(F)(F)F. The standard InChI is InChI=1S/C33H40F3N3O/c1-23(32(37)40)28-14-8-7-13-27(28)20-21-30-29(33(34,35)36)22-38-31(39-30)15-9-10-24-16-18-26(19-17-24)25-11-5-3-2-4-6-12-25/h7-8,13-14,16-19,22-23,25H,2-6,9-12,15,20-21H2,1H3,(H2,37,40). The van der Waals surface area contributed by atoms with Crippen LogP contribution in [-0.4, -0.2) is 15.9 Å². The van der Waals surface area contributed by atoms with Gasteiger partial charge < -0.3 is 5.73 Å². The number of hydrogen-bond donors (Lipinski definition) is 1. The molecule has 0 bridgehead atoms. The van der Waals surface area contributed by atoms with Gasteiger partial charge in [-0.05, 0) is 73.6 Å². The number of nitrogens with zero attached hydrogens (tertiary/aromatic N) is 2. The summed E-state index contributed by atoms with van der Waals surface area (Å²) < 4.78 is 41.3. The van der Waals surface area contributed by atoms with Gasteiger partial charge in [0, 0.05) is 12.6 Å². The summed E-state index contributed by atoms with van der Waals surface area (Å²) in [5.74, 6) is 0.0829. The van der Waals surface area contributed by atoms with Gasteiger partial charge in [0.1, 0.15) is 5.82 Å². The molecule has 40 heavy (non-hydrogen) atoms. The molecule has 214 valence electrons. The lowest BCUT2D eigenvalue weighted by atomic mass is 9.85. The van der Waals surface area contributed by atoms with E-state index in [9.17, 15) is 18.0 Å². The minimum absolute atomic E-state index is 0.0115. The smallest absolute Gasteiger partial charge is 0.369 e. The van der Waals surface area contributed by atoms with E-state index < -0.39 is 23.6 Å². The molecule has 1 aliphatic rings. The van der Waals surface area contributed by atoms with E-state index in [4.69, 9.17) is 5.73 Å². The topological polar surface area (TPSA) is 68.9 Å². The van der Waals surface area contributed by atoms with Crippen LogP contribution in [0.3, 0.4) is 0 Å². The highest BCUT2D eigenvalue weighted by atomic mass is 19.4. The van der Waals surface area contributed by atoms with Crippen LogP contribution in [0.2, 0.25) is 0 Å². The first-order valence-corrected chi connectivity index (χ1v) is 14.6. The predicted molar refractivity (Wildman–Crippen MR) is 152 cm³/mol. The summed E-state index contributed by atoms with van der Waals surface area (Å²) in [6.45, 7) is 1.71. The monoisotopic (exact) mass is 551 g/mol. The van der Waals surface area contributed by atoms with E-state index in [2.05, 4.69) is 34.2 Å². The van der Waals surface area contributed by atoms with E-state index in [0.717, 1.165) is 30.2 Å². The van der Waals surface area contributed by atoms with Crippen molar-refractivity contribution in [3.8, 4) is 0 Å². The maximum atomic E-state index is 13.8. The van der Waals surface area contributed by atoms with Gasteiger partial charge >= 0.3 is 6.18 Å². The van der Waals surface area contributed by atoms with Gasteiger partial charge in [0.05, 0.1) is 17.2 Å². The van der Waals surface area contributed by atoms with Crippen molar-refractivity contribution in [2.75, 3.05) is 0 Å². The van der Waals surface area contributed by atoms with Crippen LogP contribution in [0.4, 0.5) is 13.2 Å². The molecule has 1 amide bonds. The highest BCUT2D eigenvalue weighted by Crippen LogP contribution is 2.33. The number of amides is 1. The molecular weight excluding hydrogens is 511 g/mol. The molecule has 4 nitrogen and oxygen atoms in total. The molecule has 1 saturated carbocycles. The fourth-order valence-corrected chi connectivity index (χ4v) is 5.79. The first-order chi connectivity index (χ1) is 19.2. The summed E-state index contributed by atoms with van der Waals surface area (Å²) in [5.41, 5.74) is 8.84. The van der Waals surface area contributed by atoms with Crippen LogP contribution in [0, 0.1) is 0 Å². The summed E-state index contributed by atoms with van der Waals surface area (Å²) in [5, 5.41) is 0. The third kappa shape index (κ3) is 8.15. The zero-order chi connectivity index (χ0) is 28.5. The molecule has 1 aliphatic carbocycles. The summed E-state index contributed by atoms with van der Waals surface area (Å²) in [6, 6.07) is 16.1. The molecule has 3 aromatic rings. The Morgan fingerprint density at radius 1 is 0.925 bits per heavy atom. The zero-order valence-corrected chi connectivity index (χ0v) is 23.4. The van der Waals surface area contributed by atoms with Crippen molar-refractivity contribution in [3.05, 3.63) is 94.1 Å². The zero-order valence-electron chi connectivity index (χ0n) is 23.4. The Morgan fingerprint density at radius 2 is 1.60 bits per heavy atom. The average molecular weight is 552 g/mol. The van der Waals surface area contributed by atoms with E-state index in [1.807, 2.05) is 12.1 Å². The molecule has 1 aromatic heterocycles. The van der Waals surface area contributed by atoms with E-state index in [1.165, 1.54) is 56.1 Å². The molecule has 4 rings (SSSR count). The predicted octanol–water partition coefficient (Wildman–Crippen LogP) is 7.87. The maximum absolute atomic E-state index is 13.8. The first kappa shape index (κ1) is 29.8. The number of carbonyl (C=O) groups excluding carboxylic acids is 1. The molecule has 2 aromatic carbocycles. The number of aromatic nitrogens is 2. The quantitative estimate of drug-likeness (QED) is 0.279. The number of primary amides is 1. The Balaban J connectivity index is 1.39. The van der Waals surface area contributed by atoms with E-state index in [1.54, 1.807) is 19.1 Å². The number of halogens is 3. The van der Waals surface area contributed by atoms with Crippen molar-refractivity contribution in [1.82, 2.24) is 9.97 Å². The molecule has 1 atom stereocenters. The highest BCUT2D eigenvalue weighted by molar-refractivity contribution is 5.81. The number of aryl methyl sites for hydroxylation is 4. The number of benzene rings is 2. The van der Waals surface area contributed by atoms with Gasteiger partial charge in [0.2, 0.25) is 5.91 Å². The van der Waals surface area contributed by atoms with Crippen molar-refractivity contribution in [2.24, 2.45) is 5.73 Å². The molecule has 1 fully saturated rings. The molecule has 2 N–H and O–H groups in total. The molecular formula is C33H40F3N3O. The highest BCUT2D eigenvalue weighted by Gasteiger charge is 2.34. The summed E-state index contributed by atoms with van der Waals surface area (Å²) in [4.78, 5) is 20.1. The van der Waals surface area contributed by atoms with Crippen LogP contribution in [0.1, 0.15) is 109 Å². The van der Waals surface area contributed by atoms with Crippen LogP contribution >= 0.6 is 0 Å². The summed E-state index contributed by atoms with van der Waals surface area (Å²) in [6.07, 6.45) is 8.06. The Labute approximate surface area is 235 Å². The van der Waals surface area contributed by atoms with Crippen LogP contribution in [0.25, 0.3) is 0 Å². The third-order valence-electron chi connectivity index (χ3n) is 8.22. The molecule has 0 aliphatic heterocycles. The Kier molecular flexibility index (Phi) is 10.3. The summed E-state index contributed by atoms with van der Waals surface area (Å²) >= 11 is 0. The second-order valence-electron chi connectivity index (χ2n) is 11.1. The Morgan fingerprint density at radius 3 is 2.27 bits per heavy atom. The lowest BCUT2D eigenvalue weighted by Crippen LogP contribution is -2.20. The van der Waals surface area contributed by atoms with Gasteiger partial charge in [0.25, 0.3) is 0 Å². The van der Waals surface area contributed by atoms with Gasteiger partial charge in [-0.3, -0.25) is 4.79 Å². The first-order valence-electron chi connectivity index (χ1n) is 14.6. The fraction of sp³-hybridized carbons (Fsp3) is 0.485. The number of alkyl halides is 3. The lowest BCUT2D eigenvalue weighted by Gasteiger charge is -2.20. The van der Waals surface area contributed by atoms with E-state index in [0.29, 0.717) is 24.6 Å². The Hall–Kier alpha value is -3.22. The van der Waals surface area contributed by atoms with Crippen molar-refractivity contribution in [2.45, 2.75) is 102 Å². The minimum Gasteiger partial charge on any atom is -0.369 e. The Bertz CT molecular complexity index is 1250. The van der Waals surface area contributed by atoms with Gasteiger partial charge in [0.15, 0.2) is 0 Å². The number of rotatable bonds is 10. The van der Waals surface area contributed by atoms with Crippen molar-refractivity contribution in [3.63, 3.8) is 0 Å². The molecule has 0 saturated heterocycles. The third-order valence-corrected chi connectivity index (χ3v) is 8.22. The van der Waals surface area contributed by atoms with Crippen molar-refractivity contribution >= 4 is 5.91 Å². The fourth-order valence-electron chi connectivity index (χ4n) is 5.79. The maximum Gasteiger partial charge on any atom is 0.419 e. The van der Waals surface area contributed by atoms with Crippen LogP contribution in [0.15, 0.2) is 54.7 Å². The normalized spacial score (nSPS) is 15.8. The molecule has 7 heteroatoms. The molecule has 0 radical (unpaired) electrons. The van der Waals surface area contributed by atoms with Crippen molar-refractivity contribution < 1.29 is 18.0 Å².